The molecule has 0 aliphatic carbocycles. The number of hydrogen-bond donors (Lipinski definition) is 1. The van der Waals surface area contributed by atoms with Gasteiger partial charge in [0.1, 0.15) is 0 Å². The maximum Gasteiger partial charge on any atom is 0.338 e. The van der Waals surface area contributed by atoms with E-state index in [0.29, 0.717) is 23.4 Å². The fourth-order valence-electron chi connectivity index (χ4n) is 3.57. The van der Waals surface area contributed by atoms with E-state index in [9.17, 15) is 19.5 Å². The molecule has 1 aromatic heterocycles. The van der Waals surface area contributed by atoms with Crippen molar-refractivity contribution in [3.8, 4) is 0 Å². The predicted octanol–water partition coefficient (Wildman–Crippen LogP) is 4.41. The molecule has 2 heterocycles. The number of ether oxygens (including phenoxy) is 1. The van der Waals surface area contributed by atoms with Crippen molar-refractivity contribution in [2.45, 2.75) is 40.2 Å². The van der Waals surface area contributed by atoms with E-state index >= 15 is 0 Å². The van der Waals surface area contributed by atoms with Crippen LogP contribution in [0.25, 0.3) is 0 Å². The van der Waals surface area contributed by atoms with Crippen LogP contribution in [0.5, 0.6) is 0 Å². The second-order valence-corrected chi connectivity index (χ2v) is 8.69. The quantitative estimate of drug-likeness (QED) is 0.616. The third-order valence-electron chi connectivity index (χ3n) is 5.03. The van der Waals surface area contributed by atoms with Gasteiger partial charge in [-0.25, -0.2) is 4.79 Å². The monoisotopic (exact) mass is 436 g/mol. The second-order valence-electron chi connectivity index (χ2n) is 8.69. The lowest BCUT2D eigenvalue weighted by Crippen LogP contribution is -2.31. The number of carbonyl (C=O) groups is 3. The van der Waals surface area contributed by atoms with Crippen molar-refractivity contribution in [1.82, 2.24) is 4.98 Å². The topological polar surface area (TPSA) is 96.8 Å². The number of aliphatic hydroxyl groups is 1. The number of benzene rings is 1. The highest BCUT2D eigenvalue weighted by Crippen LogP contribution is 2.41. The number of anilines is 1. The van der Waals surface area contributed by atoms with Gasteiger partial charge in [-0.05, 0) is 47.7 Å². The van der Waals surface area contributed by atoms with E-state index in [4.69, 9.17) is 4.74 Å². The van der Waals surface area contributed by atoms with Crippen LogP contribution in [0.15, 0.2) is 60.1 Å². The van der Waals surface area contributed by atoms with Gasteiger partial charge >= 0.3 is 5.97 Å². The van der Waals surface area contributed by atoms with Gasteiger partial charge in [0.05, 0.1) is 23.8 Å². The van der Waals surface area contributed by atoms with Crippen molar-refractivity contribution in [3.05, 3.63) is 71.3 Å². The molecule has 1 aromatic carbocycles. The minimum absolute atomic E-state index is 0.0668. The Labute approximate surface area is 187 Å². The lowest BCUT2D eigenvalue weighted by atomic mass is 9.92. The fourth-order valence-corrected chi connectivity index (χ4v) is 3.57. The number of esters is 1. The van der Waals surface area contributed by atoms with Crippen molar-refractivity contribution in [1.29, 1.82) is 0 Å². The molecule has 1 aliphatic rings. The Hall–Kier alpha value is -3.48. The molecule has 0 saturated carbocycles. The Morgan fingerprint density at radius 1 is 1.09 bits per heavy atom. The van der Waals surface area contributed by atoms with Crippen molar-refractivity contribution >= 4 is 23.3 Å². The van der Waals surface area contributed by atoms with E-state index in [-0.39, 0.29) is 29.6 Å². The average Bonchev–Trinajstić information content (AvgIpc) is 3.03. The van der Waals surface area contributed by atoms with E-state index in [0.717, 1.165) is 0 Å². The Kier molecular flexibility index (Phi) is 7.08. The van der Waals surface area contributed by atoms with Gasteiger partial charge in [-0.1, -0.05) is 33.8 Å². The molecule has 2 aromatic rings. The summed E-state index contributed by atoms with van der Waals surface area (Å²) < 4.78 is 5.25. The number of amides is 1. The summed E-state index contributed by atoms with van der Waals surface area (Å²) in [6.07, 6.45) is 3.38. The van der Waals surface area contributed by atoms with E-state index in [1.54, 1.807) is 48.8 Å². The number of aliphatic hydroxyl groups excluding tert-OH is 1. The highest BCUT2D eigenvalue weighted by Gasteiger charge is 2.44. The number of ketones is 1. The molecule has 32 heavy (non-hydrogen) atoms. The molecule has 0 fully saturated rings. The summed E-state index contributed by atoms with van der Waals surface area (Å²) >= 11 is 0. The molecule has 1 amide bonds. The van der Waals surface area contributed by atoms with E-state index in [2.05, 4.69) is 4.98 Å². The van der Waals surface area contributed by atoms with Crippen LogP contribution in [-0.4, -0.2) is 34.4 Å². The first kappa shape index (κ1) is 23.2. The van der Waals surface area contributed by atoms with Crippen LogP contribution in [0.3, 0.4) is 0 Å². The first-order chi connectivity index (χ1) is 15.2. The number of rotatable bonds is 8. The first-order valence-corrected chi connectivity index (χ1v) is 10.7. The molecule has 1 atom stereocenters. The highest BCUT2D eigenvalue weighted by atomic mass is 16.5. The Bertz CT molecular complexity index is 1030. The van der Waals surface area contributed by atoms with Gasteiger partial charge in [-0.15, -0.1) is 0 Å². The Balaban J connectivity index is 1.97. The van der Waals surface area contributed by atoms with Gasteiger partial charge < -0.3 is 9.84 Å². The van der Waals surface area contributed by atoms with Gasteiger partial charge in [-0.2, -0.15) is 0 Å². The van der Waals surface area contributed by atoms with Crippen LogP contribution in [-0.2, 0) is 14.3 Å². The number of aromatic nitrogens is 1. The zero-order valence-electron chi connectivity index (χ0n) is 18.7. The van der Waals surface area contributed by atoms with Crippen molar-refractivity contribution in [2.24, 2.45) is 11.8 Å². The minimum atomic E-state index is -0.804. The van der Waals surface area contributed by atoms with Crippen LogP contribution in [0.4, 0.5) is 5.69 Å². The maximum atomic E-state index is 13.0. The molecular formula is C25H28N2O5. The number of pyridine rings is 1. The summed E-state index contributed by atoms with van der Waals surface area (Å²) in [5.74, 6) is -1.66. The average molecular weight is 437 g/mol. The van der Waals surface area contributed by atoms with Crippen LogP contribution < -0.4 is 4.90 Å². The van der Waals surface area contributed by atoms with Gasteiger partial charge in [0.25, 0.3) is 5.91 Å². The molecule has 0 radical (unpaired) electrons. The molecule has 7 nitrogen and oxygen atoms in total. The van der Waals surface area contributed by atoms with E-state index in [1.807, 2.05) is 27.7 Å². The van der Waals surface area contributed by atoms with Crippen LogP contribution >= 0.6 is 0 Å². The summed E-state index contributed by atoms with van der Waals surface area (Å²) in [6, 6.07) is 9.02. The van der Waals surface area contributed by atoms with E-state index in [1.165, 1.54) is 4.90 Å². The molecule has 7 heteroatoms. The normalized spacial score (nSPS) is 16.2. The van der Waals surface area contributed by atoms with Crippen molar-refractivity contribution in [2.75, 3.05) is 11.5 Å². The number of nitrogens with zero attached hydrogens (tertiary/aromatic N) is 2. The lowest BCUT2D eigenvalue weighted by Gasteiger charge is -2.27. The maximum absolute atomic E-state index is 13.0. The molecule has 168 valence electrons. The van der Waals surface area contributed by atoms with Crippen LogP contribution in [0.1, 0.15) is 56.1 Å². The highest BCUT2D eigenvalue weighted by molar-refractivity contribution is 6.16. The standard InChI is InChI=1S/C25H28N2O5/c1-15(2)12-20(28)21-22(18-6-5-11-26-13-18)27(24(30)23(21)29)19-9-7-17(8-10-19)25(31)32-14-16(3)4/h5-11,13,15-16,22,29H,12,14H2,1-4H3. The van der Waals surface area contributed by atoms with Crippen molar-refractivity contribution in [3.63, 3.8) is 0 Å². The lowest BCUT2D eigenvalue weighted by molar-refractivity contribution is -0.118. The predicted molar refractivity (Wildman–Crippen MR) is 120 cm³/mol. The molecule has 0 bridgehead atoms. The van der Waals surface area contributed by atoms with E-state index < -0.39 is 23.7 Å². The summed E-state index contributed by atoms with van der Waals surface area (Å²) in [5, 5.41) is 10.6. The molecule has 0 saturated heterocycles. The summed E-state index contributed by atoms with van der Waals surface area (Å²) in [5.41, 5.74) is 1.48. The summed E-state index contributed by atoms with van der Waals surface area (Å²) in [4.78, 5) is 43.7. The molecule has 0 spiro atoms. The SMILES string of the molecule is CC(C)COC(=O)c1ccc(N2C(=O)C(O)=C(C(=O)CC(C)C)C2c2cccnc2)cc1. The zero-order valence-corrected chi connectivity index (χ0v) is 18.7. The number of hydrogen-bond acceptors (Lipinski definition) is 6. The number of carbonyl (C=O) groups excluding carboxylic acids is 3. The fraction of sp³-hybridized carbons (Fsp3) is 0.360. The molecule has 1 unspecified atom stereocenters. The number of Topliss-reactive ketones (excluding diaryl/α,β-unsaturated/α-hetero) is 1. The third-order valence-corrected chi connectivity index (χ3v) is 5.03. The Morgan fingerprint density at radius 3 is 2.34 bits per heavy atom. The molecule has 1 aliphatic heterocycles. The van der Waals surface area contributed by atoms with Crippen LogP contribution in [0, 0.1) is 11.8 Å². The second kappa shape index (κ2) is 9.77. The van der Waals surface area contributed by atoms with Gasteiger partial charge in [0.2, 0.25) is 0 Å². The molecule has 1 N–H and O–H groups in total. The smallest absolute Gasteiger partial charge is 0.338 e. The largest absolute Gasteiger partial charge is 0.503 e. The molecule has 3 rings (SSSR count). The van der Waals surface area contributed by atoms with Gasteiger partial charge in [0, 0.05) is 24.5 Å². The first-order valence-electron chi connectivity index (χ1n) is 10.7. The Morgan fingerprint density at radius 2 is 1.78 bits per heavy atom. The van der Waals surface area contributed by atoms with Crippen molar-refractivity contribution < 1.29 is 24.2 Å². The van der Waals surface area contributed by atoms with Gasteiger partial charge in [0.15, 0.2) is 11.5 Å². The molecular weight excluding hydrogens is 408 g/mol. The zero-order chi connectivity index (χ0) is 23.4. The summed E-state index contributed by atoms with van der Waals surface area (Å²) in [7, 11) is 0. The third kappa shape index (κ3) is 4.88. The van der Waals surface area contributed by atoms with Gasteiger partial charge in [-0.3, -0.25) is 19.5 Å². The summed E-state index contributed by atoms with van der Waals surface area (Å²) in [6.45, 7) is 8.02. The minimum Gasteiger partial charge on any atom is -0.503 e. The van der Waals surface area contributed by atoms with Crippen LogP contribution in [0.2, 0.25) is 0 Å².